The fourth-order valence-corrected chi connectivity index (χ4v) is 2.33. The van der Waals surface area contributed by atoms with Gasteiger partial charge in [-0.05, 0) is 18.2 Å². The van der Waals surface area contributed by atoms with Gasteiger partial charge in [0.15, 0.2) is 5.78 Å². The van der Waals surface area contributed by atoms with E-state index in [1.165, 1.54) is 6.07 Å². The molecule has 110 valence electrons. The van der Waals surface area contributed by atoms with Crippen molar-refractivity contribution in [3.8, 4) is 5.75 Å². The Balaban J connectivity index is 1.91. The summed E-state index contributed by atoms with van der Waals surface area (Å²) in [6.45, 7) is 3.99. The Morgan fingerprint density at radius 3 is 2.50 bits per heavy atom. The van der Waals surface area contributed by atoms with Crippen LogP contribution in [0.5, 0.6) is 5.75 Å². The molecule has 1 aromatic rings. The van der Waals surface area contributed by atoms with Crippen LogP contribution in [0.1, 0.15) is 10.4 Å². The molecule has 1 aliphatic rings. The number of Topliss-reactive ketones (excluding diaryl/α,β-unsaturated/α-hetero) is 1. The summed E-state index contributed by atoms with van der Waals surface area (Å²) >= 11 is 0. The highest BCUT2D eigenvalue weighted by molar-refractivity contribution is 6.00. The van der Waals surface area contributed by atoms with Crippen molar-refractivity contribution >= 4 is 5.78 Å². The second-order valence-electron chi connectivity index (χ2n) is 4.93. The molecule has 0 amide bonds. The molecule has 0 aliphatic carbocycles. The van der Waals surface area contributed by atoms with Crippen LogP contribution in [-0.2, 0) is 0 Å². The van der Waals surface area contributed by atoms with Gasteiger partial charge < -0.3 is 10.2 Å². The number of hydrogen-bond donors (Lipinski definition) is 2. The molecule has 1 fully saturated rings. The van der Waals surface area contributed by atoms with E-state index >= 15 is 0 Å². The summed E-state index contributed by atoms with van der Waals surface area (Å²) in [4.78, 5) is 16.2. The van der Waals surface area contributed by atoms with E-state index in [0.717, 1.165) is 38.3 Å². The first kappa shape index (κ1) is 14.9. The van der Waals surface area contributed by atoms with Gasteiger partial charge >= 0.3 is 0 Å². The van der Waals surface area contributed by atoms with E-state index in [-0.39, 0.29) is 30.2 Å². The average Bonchev–Trinajstić information content (AvgIpc) is 2.44. The van der Waals surface area contributed by atoms with Crippen molar-refractivity contribution in [1.29, 1.82) is 0 Å². The molecular formula is C14H19FN2O3. The fourth-order valence-electron chi connectivity index (χ4n) is 2.33. The quantitative estimate of drug-likeness (QED) is 0.762. The molecule has 2 N–H and O–H groups in total. The molecule has 0 spiro atoms. The molecule has 0 unspecified atom stereocenters. The van der Waals surface area contributed by atoms with E-state index in [4.69, 9.17) is 5.11 Å². The Morgan fingerprint density at radius 2 is 1.85 bits per heavy atom. The maximum absolute atomic E-state index is 13.1. The average molecular weight is 282 g/mol. The monoisotopic (exact) mass is 282 g/mol. The summed E-state index contributed by atoms with van der Waals surface area (Å²) in [7, 11) is 0. The van der Waals surface area contributed by atoms with Gasteiger partial charge in [0.2, 0.25) is 0 Å². The smallest absolute Gasteiger partial charge is 0.180 e. The zero-order chi connectivity index (χ0) is 14.5. The molecule has 0 aromatic heterocycles. The summed E-state index contributed by atoms with van der Waals surface area (Å²) in [5, 5.41) is 18.5. The number of rotatable bonds is 5. The van der Waals surface area contributed by atoms with Gasteiger partial charge in [0, 0.05) is 32.7 Å². The molecule has 0 bridgehead atoms. The lowest BCUT2D eigenvalue weighted by Crippen LogP contribution is -2.48. The second-order valence-corrected chi connectivity index (χ2v) is 4.93. The summed E-state index contributed by atoms with van der Waals surface area (Å²) in [5.74, 6) is -0.994. The van der Waals surface area contributed by atoms with Gasteiger partial charge in [0.05, 0.1) is 18.7 Å². The molecule has 1 aliphatic heterocycles. The Morgan fingerprint density at radius 1 is 1.20 bits per heavy atom. The normalized spacial score (nSPS) is 17.3. The number of halogens is 1. The number of aliphatic hydroxyl groups excluding tert-OH is 1. The van der Waals surface area contributed by atoms with Crippen molar-refractivity contribution in [2.45, 2.75) is 0 Å². The lowest BCUT2D eigenvalue weighted by molar-refractivity contribution is 0.0820. The minimum Gasteiger partial charge on any atom is -0.507 e. The zero-order valence-corrected chi connectivity index (χ0v) is 11.3. The Hall–Kier alpha value is -1.50. The minimum atomic E-state index is -0.529. The van der Waals surface area contributed by atoms with E-state index in [9.17, 15) is 14.3 Å². The highest BCUT2D eigenvalue weighted by Crippen LogP contribution is 2.19. The number of ketones is 1. The van der Waals surface area contributed by atoms with Crippen molar-refractivity contribution in [2.24, 2.45) is 0 Å². The second kappa shape index (κ2) is 6.78. The molecule has 5 nitrogen and oxygen atoms in total. The van der Waals surface area contributed by atoms with Crippen molar-refractivity contribution < 1.29 is 19.4 Å². The number of phenols is 1. The van der Waals surface area contributed by atoms with Crippen molar-refractivity contribution in [3.05, 3.63) is 29.6 Å². The lowest BCUT2D eigenvalue weighted by Gasteiger charge is -2.33. The maximum atomic E-state index is 13.1. The summed E-state index contributed by atoms with van der Waals surface area (Å²) in [5.41, 5.74) is 0.0304. The van der Waals surface area contributed by atoms with Crippen LogP contribution >= 0.6 is 0 Å². The third-order valence-electron chi connectivity index (χ3n) is 3.51. The van der Waals surface area contributed by atoms with Crippen molar-refractivity contribution in [3.63, 3.8) is 0 Å². The van der Waals surface area contributed by atoms with E-state index in [2.05, 4.69) is 4.90 Å². The Kier molecular flexibility index (Phi) is 5.05. The summed E-state index contributed by atoms with van der Waals surface area (Å²) in [6, 6.07) is 3.39. The first-order valence-corrected chi connectivity index (χ1v) is 6.67. The number of carbonyl (C=O) groups excluding carboxylic acids is 1. The highest BCUT2D eigenvalue weighted by Gasteiger charge is 2.20. The molecule has 0 saturated carbocycles. The highest BCUT2D eigenvalue weighted by atomic mass is 19.1. The number of aliphatic hydroxyl groups is 1. The maximum Gasteiger partial charge on any atom is 0.180 e. The van der Waals surface area contributed by atoms with E-state index < -0.39 is 5.82 Å². The molecule has 0 radical (unpaired) electrons. The van der Waals surface area contributed by atoms with Crippen LogP contribution in [0.2, 0.25) is 0 Å². The SMILES string of the molecule is O=C(CN1CCN(CCO)CC1)c1cc(F)ccc1O. The first-order chi connectivity index (χ1) is 9.60. The number of β-amino-alcohol motifs (C(OH)–C–C–N with tert-alkyl or cyclic N) is 1. The number of hydrogen-bond acceptors (Lipinski definition) is 5. The van der Waals surface area contributed by atoms with Crippen LogP contribution in [0.3, 0.4) is 0 Å². The van der Waals surface area contributed by atoms with Crippen molar-refractivity contribution in [1.82, 2.24) is 9.80 Å². The van der Waals surface area contributed by atoms with Crippen LogP contribution in [0.4, 0.5) is 4.39 Å². The predicted molar refractivity (Wildman–Crippen MR) is 72.4 cm³/mol. The van der Waals surface area contributed by atoms with Gasteiger partial charge in [0.25, 0.3) is 0 Å². The largest absolute Gasteiger partial charge is 0.507 e. The third-order valence-corrected chi connectivity index (χ3v) is 3.51. The fraction of sp³-hybridized carbons (Fsp3) is 0.500. The van der Waals surface area contributed by atoms with Gasteiger partial charge in [-0.3, -0.25) is 14.6 Å². The summed E-state index contributed by atoms with van der Waals surface area (Å²) < 4.78 is 13.1. The molecule has 20 heavy (non-hydrogen) atoms. The van der Waals surface area contributed by atoms with Crippen LogP contribution in [-0.4, -0.2) is 71.7 Å². The number of piperazine rings is 1. The number of carbonyl (C=O) groups is 1. The van der Waals surface area contributed by atoms with Crippen LogP contribution in [0, 0.1) is 5.82 Å². The zero-order valence-electron chi connectivity index (χ0n) is 11.3. The molecular weight excluding hydrogens is 263 g/mol. The van der Waals surface area contributed by atoms with Gasteiger partial charge in [0.1, 0.15) is 11.6 Å². The van der Waals surface area contributed by atoms with Crippen LogP contribution < -0.4 is 0 Å². The third kappa shape index (κ3) is 3.75. The summed E-state index contributed by atoms with van der Waals surface area (Å²) in [6.07, 6.45) is 0. The number of nitrogens with zero attached hydrogens (tertiary/aromatic N) is 2. The van der Waals surface area contributed by atoms with Gasteiger partial charge in [-0.15, -0.1) is 0 Å². The molecule has 6 heteroatoms. The van der Waals surface area contributed by atoms with Gasteiger partial charge in [-0.1, -0.05) is 0 Å². The Labute approximate surface area is 117 Å². The number of benzene rings is 1. The van der Waals surface area contributed by atoms with E-state index in [1.807, 2.05) is 4.90 Å². The Bertz CT molecular complexity index is 473. The van der Waals surface area contributed by atoms with E-state index in [0.29, 0.717) is 6.54 Å². The molecule has 1 saturated heterocycles. The lowest BCUT2D eigenvalue weighted by atomic mass is 10.1. The molecule has 1 aromatic carbocycles. The molecule has 1 heterocycles. The van der Waals surface area contributed by atoms with Crippen molar-refractivity contribution in [2.75, 3.05) is 45.9 Å². The van der Waals surface area contributed by atoms with Crippen LogP contribution in [0.15, 0.2) is 18.2 Å². The minimum absolute atomic E-state index is 0.0304. The molecule has 2 rings (SSSR count). The first-order valence-electron chi connectivity index (χ1n) is 6.67. The molecule has 0 atom stereocenters. The standard InChI is InChI=1S/C14H19FN2O3/c15-11-1-2-13(19)12(9-11)14(20)10-17-5-3-16(4-6-17)7-8-18/h1-2,9,18-19H,3-8,10H2. The van der Waals surface area contributed by atoms with Gasteiger partial charge in [-0.2, -0.15) is 0 Å². The van der Waals surface area contributed by atoms with E-state index in [1.54, 1.807) is 0 Å². The topological polar surface area (TPSA) is 64.0 Å². The predicted octanol–water partition coefficient (Wildman–Crippen LogP) is 0.324. The van der Waals surface area contributed by atoms with Crippen LogP contribution in [0.25, 0.3) is 0 Å². The number of aromatic hydroxyl groups is 1. The number of phenolic OH excluding ortho intramolecular Hbond substituents is 1. The van der Waals surface area contributed by atoms with Gasteiger partial charge in [-0.25, -0.2) is 4.39 Å².